The summed E-state index contributed by atoms with van der Waals surface area (Å²) in [6, 6.07) is 9.46. The molecule has 7 nitrogen and oxygen atoms in total. The summed E-state index contributed by atoms with van der Waals surface area (Å²) < 4.78 is 10.1. The Hall–Kier alpha value is -2.06. The van der Waals surface area contributed by atoms with Crippen molar-refractivity contribution in [1.29, 1.82) is 0 Å². The molecule has 0 saturated carbocycles. The lowest BCUT2D eigenvalue weighted by Gasteiger charge is -2.26. The maximum Gasteiger partial charge on any atom is 0.316 e. The first-order valence-corrected chi connectivity index (χ1v) is 9.20. The molecule has 1 fully saturated rings. The van der Waals surface area contributed by atoms with Crippen molar-refractivity contribution in [3.05, 3.63) is 35.9 Å². The first-order valence-electron chi connectivity index (χ1n) is 8.04. The molecule has 0 unspecified atom stereocenters. The van der Waals surface area contributed by atoms with E-state index in [2.05, 4.69) is 5.32 Å². The molecule has 0 aromatic heterocycles. The van der Waals surface area contributed by atoms with E-state index in [1.807, 2.05) is 30.3 Å². The van der Waals surface area contributed by atoms with E-state index in [4.69, 9.17) is 9.47 Å². The third kappa shape index (κ3) is 7.57. The van der Waals surface area contributed by atoms with E-state index in [9.17, 15) is 14.4 Å². The van der Waals surface area contributed by atoms with Gasteiger partial charge in [-0.05, 0) is 5.56 Å². The third-order valence-electron chi connectivity index (χ3n) is 3.51. The van der Waals surface area contributed by atoms with Crippen LogP contribution in [0.15, 0.2) is 30.3 Å². The standard InChI is InChI=1S/C17H22N2O5S/c20-15(18-10-14-4-2-1-3-5-14)11-24-17(22)13-25-12-16(21)19-6-8-23-9-7-19/h1-5H,6-13H2,(H,18,20). The van der Waals surface area contributed by atoms with Crippen molar-refractivity contribution >= 4 is 29.5 Å². The average Bonchev–Trinajstić information content (AvgIpc) is 2.66. The molecular weight excluding hydrogens is 344 g/mol. The third-order valence-corrected chi connectivity index (χ3v) is 4.40. The molecule has 1 heterocycles. The number of rotatable bonds is 8. The van der Waals surface area contributed by atoms with E-state index < -0.39 is 5.97 Å². The quantitative estimate of drug-likeness (QED) is 0.672. The molecule has 1 N–H and O–H groups in total. The summed E-state index contributed by atoms with van der Waals surface area (Å²) in [7, 11) is 0. The highest BCUT2D eigenvalue weighted by molar-refractivity contribution is 8.00. The summed E-state index contributed by atoms with van der Waals surface area (Å²) in [5.41, 5.74) is 0.972. The van der Waals surface area contributed by atoms with Gasteiger partial charge in [0.25, 0.3) is 5.91 Å². The number of benzene rings is 1. The number of hydrogen-bond acceptors (Lipinski definition) is 6. The van der Waals surface area contributed by atoms with Gasteiger partial charge in [0.2, 0.25) is 5.91 Å². The van der Waals surface area contributed by atoms with Gasteiger partial charge in [0.15, 0.2) is 6.61 Å². The lowest BCUT2D eigenvalue weighted by Crippen LogP contribution is -2.41. The molecule has 1 aliphatic heterocycles. The molecule has 0 aliphatic carbocycles. The predicted octanol–water partition coefficient (Wildman–Crippen LogP) is 0.438. The minimum atomic E-state index is -0.505. The summed E-state index contributed by atoms with van der Waals surface area (Å²) in [4.78, 5) is 36.9. The highest BCUT2D eigenvalue weighted by atomic mass is 32.2. The molecule has 1 aromatic carbocycles. The van der Waals surface area contributed by atoms with Crippen LogP contribution < -0.4 is 5.32 Å². The van der Waals surface area contributed by atoms with Gasteiger partial charge in [-0.15, -0.1) is 11.8 Å². The molecule has 0 atom stereocenters. The number of ether oxygens (including phenoxy) is 2. The van der Waals surface area contributed by atoms with Gasteiger partial charge in [0.05, 0.1) is 24.7 Å². The lowest BCUT2D eigenvalue weighted by atomic mass is 10.2. The molecule has 0 spiro atoms. The molecule has 25 heavy (non-hydrogen) atoms. The summed E-state index contributed by atoms with van der Waals surface area (Å²) in [5.74, 6) is -0.611. The van der Waals surface area contributed by atoms with Crippen LogP contribution in [-0.2, 0) is 30.4 Å². The van der Waals surface area contributed by atoms with Gasteiger partial charge in [0, 0.05) is 19.6 Å². The van der Waals surface area contributed by atoms with Crippen molar-refractivity contribution in [2.45, 2.75) is 6.54 Å². The van der Waals surface area contributed by atoms with Gasteiger partial charge in [-0.1, -0.05) is 30.3 Å². The second-order valence-electron chi connectivity index (χ2n) is 5.41. The summed E-state index contributed by atoms with van der Waals surface area (Å²) in [5, 5.41) is 2.68. The second kappa shape index (κ2) is 10.7. The maximum absolute atomic E-state index is 11.9. The van der Waals surface area contributed by atoms with Crippen LogP contribution in [0.5, 0.6) is 0 Å². The minimum Gasteiger partial charge on any atom is -0.455 e. The molecule has 8 heteroatoms. The Balaban J connectivity index is 1.54. The lowest BCUT2D eigenvalue weighted by molar-refractivity contribution is -0.145. The first-order chi connectivity index (χ1) is 12.1. The van der Waals surface area contributed by atoms with Crippen molar-refractivity contribution in [3.63, 3.8) is 0 Å². The van der Waals surface area contributed by atoms with Crippen LogP contribution in [-0.4, -0.2) is 67.1 Å². The molecule has 136 valence electrons. The van der Waals surface area contributed by atoms with Crippen molar-refractivity contribution in [1.82, 2.24) is 10.2 Å². The fraction of sp³-hybridized carbons (Fsp3) is 0.471. The van der Waals surface area contributed by atoms with E-state index in [-0.39, 0.29) is 29.9 Å². The van der Waals surface area contributed by atoms with E-state index in [1.165, 1.54) is 11.8 Å². The van der Waals surface area contributed by atoms with Crippen molar-refractivity contribution < 1.29 is 23.9 Å². The van der Waals surface area contributed by atoms with E-state index in [0.717, 1.165) is 5.56 Å². The van der Waals surface area contributed by atoms with Gasteiger partial charge in [-0.3, -0.25) is 14.4 Å². The highest BCUT2D eigenvalue weighted by Crippen LogP contribution is 2.06. The molecule has 0 bridgehead atoms. The number of carbonyl (C=O) groups is 3. The maximum atomic E-state index is 11.9. The van der Waals surface area contributed by atoms with Crippen LogP contribution in [0.25, 0.3) is 0 Å². The Morgan fingerprint density at radius 2 is 1.84 bits per heavy atom. The predicted molar refractivity (Wildman–Crippen MR) is 94.0 cm³/mol. The van der Waals surface area contributed by atoms with Gasteiger partial charge >= 0.3 is 5.97 Å². The second-order valence-corrected chi connectivity index (χ2v) is 6.39. The number of carbonyl (C=O) groups excluding carboxylic acids is 3. The number of morpholine rings is 1. The SMILES string of the molecule is O=C(COC(=O)CSCC(=O)N1CCOCC1)NCc1ccccc1. The molecule has 1 aromatic rings. The topological polar surface area (TPSA) is 84.9 Å². The van der Waals surface area contributed by atoms with E-state index in [0.29, 0.717) is 32.8 Å². The fourth-order valence-corrected chi connectivity index (χ4v) is 2.87. The Kier molecular flexibility index (Phi) is 8.27. The Morgan fingerprint density at radius 1 is 1.12 bits per heavy atom. The zero-order chi connectivity index (χ0) is 17.9. The van der Waals surface area contributed by atoms with Gasteiger partial charge < -0.3 is 19.7 Å². The monoisotopic (exact) mass is 366 g/mol. The average molecular weight is 366 g/mol. The first kappa shape index (κ1) is 19.3. The fourth-order valence-electron chi connectivity index (χ4n) is 2.16. The minimum absolute atomic E-state index is 0.0123. The molecule has 2 amide bonds. The van der Waals surface area contributed by atoms with Gasteiger partial charge in [0.1, 0.15) is 0 Å². The molecular formula is C17H22N2O5S. The number of amides is 2. The summed E-state index contributed by atoms with van der Waals surface area (Å²) in [6.07, 6.45) is 0. The highest BCUT2D eigenvalue weighted by Gasteiger charge is 2.17. The van der Waals surface area contributed by atoms with Crippen LogP contribution in [0.3, 0.4) is 0 Å². The van der Waals surface area contributed by atoms with Crippen LogP contribution >= 0.6 is 11.8 Å². The van der Waals surface area contributed by atoms with Gasteiger partial charge in [-0.2, -0.15) is 0 Å². The molecule has 1 aliphatic rings. The molecule has 2 rings (SSSR count). The Labute approximate surface area is 151 Å². The number of esters is 1. The number of nitrogens with zero attached hydrogens (tertiary/aromatic N) is 1. The van der Waals surface area contributed by atoms with Crippen LogP contribution in [0, 0.1) is 0 Å². The normalized spacial score (nSPS) is 14.0. The van der Waals surface area contributed by atoms with E-state index >= 15 is 0 Å². The van der Waals surface area contributed by atoms with Crippen molar-refractivity contribution in [3.8, 4) is 0 Å². The smallest absolute Gasteiger partial charge is 0.316 e. The molecule has 0 radical (unpaired) electrons. The summed E-state index contributed by atoms with van der Waals surface area (Å²) >= 11 is 1.19. The summed E-state index contributed by atoms with van der Waals surface area (Å²) in [6.45, 7) is 2.35. The van der Waals surface area contributed by atoms with Crippen molar-refractivity contribution in [2.24, 2.45) is 0 Å². The van der Waals surface area contributed by atoms with Gasteiger partial charge in [-0.25, -0.2) is 0 Å². The van der Waals surface area contributed by atoms with Crippen LogP contribution in [0.4, 0.5) is 0 Å². The zero-order valence-corrected chi connectivity index (χ0v) is 14.8. The van der Waals surface area contributed by atoms with E-state index in [1.54, 1.807) is 4.90 Å². The number of hydrogen-bond donors (Lipinski definition) is 1. The van der Waals surface area contributed by atoms with Crippen LogP contribution in [0.1, 0.15) is 5.56 Å². The number of thioether (sulfide) groups is 1. The van der Waals surface area contributed by atoms with Crippen molar-refractivity contribution in [2.75, 3.05) is 44.4 Å². The van der Waals surface area contributed by atoms with Crippen LogP contribution in [0.2, 0.25) is 0 Å². The zero-order valence-electron chi connectivity index (χ0n) is 13.9. The number of nitrogens with one attached hydrogen (secondary N) is 1. The Bertz CT molecular complexity index is 576. The molecule has 1 saturated heterocycles. The Morgan fingerprint density at radius 3 is 2.56 bits per heavy atom. The largest absolute Gasteiger partial charge is 0.455 e.